The maximum Gasteiger partial charge on any atom is 0.337 e. The van der Waals surface area contributed by atoms with Crippen LogP contribution in [0.25, 0.3) is 0 Å². The van der Waals surface area contributed by atoms with Gasteiger partial charge in [-0.2, -0.15) is 0 Å². The first-order valence-electron chi connectivity index (χ1n) is 11.2. The van der Waals surface area contributed by atoms with Crippen molar-refractivity contribution >= 4 is 40.7 Å². The van der Waals surface area contributed by atoms with E-state index in [1.165, 1.54) is 37.1 Å². The Morgan fingerprint density at radius 3 is 2.63 bits per heavy atom. The molecule has 5 unspecified atom stereocenters. The first-order chi connectivity index (χ1) is 16.9. The number of rotatable bonds is 5. The van der Waals surface area contributed by atoms with Gasteiger partial charge in [-0.25, -0.2) is 9.18 Å². The van der Waals surface area contributed by atoms with Crippen LogP contribution in [0.4, 0.5) is 15.8 Å². The summed E-state index contributed by atoms with van der Waals surface area (Å²) in [6, 6.07) is 18.3. The van der Waals surface area contributed by atoms with E-state index in [1.807, 2.05) is 12.1 Å². The van der Waals surface area contributed by atoms with Crippen LogP contribution in [0.1, 0.15) is 39.9 Å². The summed E-state index contributed by atoms with van der Waals surface area (Å²) in [7, 11) is 1.34. The zero-order chi connectivity index (χ0) is 24.7. The van der Waals surface area contributed by atoms with Gasteiger partial charge in [-0.05, 0) is 59.9 Å². The number of anilines is 1. The summed E-state index contributed by atoms with van der Waals surface area (Å²) in [4.78, 5) is 24.0. The zero-order valence-corrected chi connectivity index (χ0v) is 20.3. The standard InChI is InChI=1S/C26H22ClFN2O4S/c1-34-26(31)15-8-11-19-17(12-15)23-18(25(29-19)14-6-9-16(28)10-7-14)13-22(24(23)27)35-21-5-3-2-4-20(21)30(32)33/h2-12,18,22-25,29H,13H2,1H3. The average molecular weight is 513 g/mol. The van der Waals surface area contributed by atoms with E-state index in [4.69, 9.17) is 16.3 Å². The summed E-state index contributed by atoms with van der Waals surface area (Å²) < 4.78 is 18.5. The van der Waals surface area contributed by atoms with Crippen molar-refractivity contribution in [1.29, 1.82) is 0 Å². The van der Waals surface area contributed by atoms with E-state index in [-0.39, 0.29) is 44.9 Å². The molecule has 1 heterocycles. The predicted octanol–water partition coefficient (Wildman–Crippen LogP) is 6.56. The molecule has 180 valence electrons. The fourth-order valence-corrected chi connectivity index (χ4v) is 7.18. The van der Waals surface area contributed by atoms with Gasteiger partial charge >= 0.3 is 5.97 Å². The SMILES string of the molecule is COC(=O)c1ccc2c(c1)C1C(Cl)C(Sc3ccccc3[N+](=O)[O-])CC1C(c1ccc(F)cc1)N2. The van der Waals surface area contributed by atoms with Gasteiger partial charge < -0.3 is 10.1 Å². The normalized spacial score (nSPS) is 24.7. The molecule has 1 aliphatic heterocycles. The van der Waals surface area contributed by atoms with Gasteiger partial charge in [-0.3, -0.25) is 10.1 Å². The number of thioether (sulfide) groups is 1. The molecule has 9 heteroatoms. The Morgan fingerprint density at radius 1 is 1.17 bits per heavy atom. The van der Waals surface area contributed by atoms with Gasteiger partial charge in [0.2, 0.25) is 0 Å². The van der Waals surface area contributed by atoms with Crippen LogP contribution in [0.2, 0.25) is 0 Å². The lowest BCUT2D eigenvalue weighted by molar-refractivity contribution is -0.387. The molecule has 0 bridgehead atoms. The number of nitro benzene ring substituents is 1. The minimum atomic E-state index is -0.431. The largest absolute Gasteiger partial charge is 0.465 e. The number of para-hydroxylation sites is 1. The van der Waals surface area contributed by atoms with Crippen molar-refractivity contribution in [2.24, 2.45) is 5.92 Å². The predicted molar refractivity (Wildman–Crippen MR) is 134 cm³/mol. The number of fused-ring (bicyclic) bond motifs is 3. The second kappa shape index (κ2) is 9.51. The third-order valence-electron chi connectivity index (χ3n) is 6.80. The van der Waals surface area contributed by atoms with Gasteiger partial charge in [-0.15, -0.1) is 23.4 Å². The van der Waals surface area contributed by atoms with Crippen molar-refractivity contribution < 1.29 is 18.8 Å². The Bertz CT molecular complexity index is 1290. The quantitative estimate of drug-likeness (QED) is 0.180. The fourth-order valence-electron chi connectivity index (χ4n) is 5.23. The first kappa shape index (κ1) is 23.6. The lowest BCUT2D eigenvalue weighted by atomic mass is 9.77. The Balaban J connectivity index is 1.55. The second-order valence-electron chi connectivity index (χ2n) is 8.72. The van der Waals surface area contributed by atoms with Crippen molar-refractivity contribution in [2.45, 2.75) is 33.9 Å². The second-order valence-corrected chi connectivity index (χ2v) is 10.5. The minimum absolute atomic E-state index is 0.0311. The smallest absolute Gasteiger partial charge is 0.337 e. The summed E-state index contributed by atoms with van der Waals surface area (Å²) in [6.45, 7) is 0. The number of alkyl halides is 1. The molecule has 0 amide bonds. The van der Waals surface area contributed by atoms with Gasteiger partial charge in [-0.1, -0.05) is 24.3 Å². The summed E-state index contributed by atoms with van der Waals surface area (Å²) in [5.74, 6) is -0.827. The monoisotopic (exact) mass is 512 g/mol. The Kier molecular flexibility index (Phi) is 6.42. The highest BCUT2D eigenvalue weighted by Gasteiger charge is 2.50. The number of esters is 1. The van der Waals surface area contributed by atoms with Gasteiger partial charge in [0, 0.05) is 22.9 Å². The van der Waals surface area contributed by atoms with E-state index >= 15 is 0 Å². The van der Waals surface area contributed by atoms with Crippen LogP contribution in [-0.4, -0.2) is 28.6 Å². The van der Waals surface area contributed by atoms with Gasteiger partial charge in [0.1, 0.15) is 5.82 Å². The average Bonchev–Trinajstić information content (AvgIpc) is 3.19. The number of methoxy groups -OCH3 is 1. The number of carbonyl (C=O) groups excluding carboxylic acids is 1. The molecule has 1 saturated carbocycles. The van der Waals surface area contributed by atoms with Crippen LogP contribution < -0.4 is 5.32 Å². The number of benzene rings is 3. The molecule has 5 rings (SSSR count). The Morgan fingerprint density at radius 2 is 1.91 bits per heavy atom. The molecule has 5 atom stereocenters. The molecule has 0 aromatic heterocycles. The van der Waals surface area contributed by atoms with Gasteiger partial charge in [0.25, 0.3) is 5.69 Å². The minimum Gasteiger partial charge on any atom is -0.465 e. The third-order valence-corrected chi connectivity index (χ3v) is 8.92. The molecule has 35 heavy (non-hydrogen) atoms. The van der Waals surface area contributed by atoms with Crippen LogP contribution >= 0.6 is 23.4 Å². The Labute approximate surface area is 211 Å². The number of halogens is 2. The molecule has 6 nitrogen and oxygen atoms in total. The number of hydrogen-bond donors (Lipinski definition) is 1. The Hall–Kier alpha value is -3.10. The molecule has 3 aromatic carbocycles. The van der Waals surface area contributed by atoms with Crippen molar-refractivity contribution in [3.8, 4) is 0 Å². The molecule has 1 aliphatic carbocycles. The van der Waals surface area contributed by atoms with E-state index in [9.17, 15) is 19.3 Å². The maximum absolute atomic E-state index is 13.6. The summed E-state index contributed by atoms with van der Waals surface area (Å²) in [5, 5.41) is 14.7. The highest BCUT2D eigenvalue weighted by atomic mass is 35.5. The fraction of sp³-hybridized carbons (Fsp3) is 0.269. The van der Waals surface area contributed by atoms with E-state index in [1.54, 1.807) is 36.4 Å². The molecule has 0 spiro atoms. The lowest BCUT2D eigenvalue weighted by Gasteiger charge is -2.38. The molecular formula is C26H22ClFN2O4S. The molecule has 0 saturated heterocycles. The van der Waals surface area contributed by atoms with Crippen LogP contribution in [-0.2, 0) is 4.74 Å². The maximum atomic E-state index is 13.6. The van der Waals surface area contributed by atoms with Crippen molar-refractivity contribution in [3.63, 3.8) is 0 Å². The number of nitro groups is 1. The first-order valence-corrected chi connectivity index (χ1v) is 12.5. The highest BCUT2D eigenvalue weighted by Crippen LogP contribution is 2.58. The van der Waals surface area contributed by atoms with Crippen LogP contribution in [0, 0.1) is 21.8 Å². The van der Waals surface area contributed by atoms with Gasteiger partial charge in [0.15, 0.2) is 0 Å². The summed E-state index contributed by atoms with van der Waals surface area (Å²) >= 11 is 8.53. The third kappa shape index (κ3) is 4.36. The van der Waals surface area contributed by atoms with E-state index in [2.05, 4.69) is 5.32 Å². The lowest BCUT2D eigenvalue weighted by Crippen LogP contribution is -2.31. The molecular weight excluding hydrogens is 491 g/mol. The van der Waals surface area contributed by atoms with Crippen molar-refractivity contribution in [2.75, 3.05) is 12.4 Å². The number of nitrogens with zero attached hydrogens (tertiary/aromatic N) is 1. The van der Waals surface area contributed by atoms with Crippen molar-refractivity contribution in [3.05, 3.63) is 99.4 Å². The molecule has 2 aliphatic rings. The van der Waals surface area contributed by atoms with E-state index < -0.39 is 5.97 Å². The highest BCUT2D eigenvalue weighted by molar-refractivity contribution is 8.00. The van der Waals surface area contributed by atoms with E-state index in [0.29, 0.717) is 16.9 Å². The zero-order valence-electron chi connectivity index (χ0n) is 18.7. The number of carbonyl (C=O) groups is 1. The summed E-state index contributed by atoms with van der Waals surface area (Å²) in [5.41, 5.74) is 3.20. The number of ether oxygens (including phenoxy) is 1. The molecule has 1 fully saturated rings. The molecule has 3 aromatic rings. The molecule has 0 radical (unpaired) electrons. The van der Waals surface area contributed by atoms with E-state index in [0.717, 1.165) is 16.8 Å². The molecule has 1 N–H and O–H groups in total. The number of hydrogen-bond acceptors (Lipinski definition) is 6. The number of nitrogens with one attached hydrogen (secondary N) is 1. The summed E-state index contributed by atoms with van der Waals surface area (Å²) in [6.07, 6.45) is 0.687. The van der Waals surface area contributed by atoms with Crippen molar-refractivity contribution in [1.82, 2.24) is 0 Å². The van der Waals surface area contributed by atoms with Gasteiger partial charge in [0.05, 0.1) is 33.9 Å². The topological polar surface area (TPSA) is 81.5 Å². The van der Waals surface area contributed by atoms with Crippen LogP contribution in [0.3, 0.4) is 0 Å². The van der Waals surface area contributed by atoms with Crippen LogP contribution in [0.15, 0.2) is 71.6 Å². The van der Waals surface area contributed by atoms with Crippen LogP contribution in [0.5, 0.6) is 0 Å².